The molecule has 3 N–H and O–H groups in total. The van der Waals surface area contributed by atoms with E-state index in [1.807, 2.05) is 0 Å². The molecule has 0 aromatic rings. The van der Waals surface area contributed by atoms with E-state index < -0.39 is 0 Å². The fraction of sp³-hybridized carbons (Fsp3) is 0.857. The Bertz CT molecular complexity index is 332. The molecular weight excluding hydrogens is 258 g/mol. The Morgan fingerprint density at radius 2 is 2.05 bits per heavy atom. The zero-order chi connectivity index (χ0) is 15.0. The normalized spacial score (nSPS) is 21.2. The van der Waals surface area contributed by atoms with Crippen molar-refractivity contribution in [3.8, 4) is 0 Å². The zero-order valence-electron chi connectivity index (χ0n) is 12.8. The van der Waals surface area contributed by atoms with Crippen LogP contribution in [-0.2, 0) is 14.3 Å². The fourth-order valence-corrected chi connectivity index (χ4v) is 2.44. The number of ether oxygens (including phenoxy) is 1. The third kappa shape index (κ3) is 5.46. The summed E-state index contributed by atoms with van der Waals surface area (Å²) in [5.41, 5.74) is -0.0386. The maximum absolute atomic E-state index is 12.1. The minimum Gasteiger partial charge on any atom is -0.383 e. The van der Waals surface area contributed by atoms with Gasteiger partial charge in [0.05, 0.1) is 12.6 Å². The lowest BCUT2D eigenvalue weighted by atomic mass is 9.77. The van der Waals surface area contributed by atoms with Crippen LogP contribution in [0.15, 0.2) is 0 Å². The van der Waals surface area contributed by atoms with Crippen molar-refractivity contribution in [3.63, 3.8) is 0 Å². The van der Waals surface area contributed by atoms with Crippen molar-refractivity contribution in [2.75, 3.05) is 33.4 Å². The lowest BCUT2D eigenvalue weighted by molar-refractivity contribution is -0.127. The molecule has 1 rings (SSSR count). The molecule has 1 aliphatic heterocycles. The first-order valence-electron chi connectivity index (χ1n) is 7.24. The van der Waals surface area contributed by atoms with E-state index in [2.05, 4.69) is 29.8 Å². The van der Waals surface area contributed by atoms with E-state index in [0.717, 1.165) is 19.4 Å². The lowest BCUT2D eigenvalue weighted by Crippen LogP contribution is -2.55. The summed E-state index contributed by atoms with van der Waals surface area (Å²) in [5, 5.41) is 8.82. The van der Waals surface area contributed by atoms with Crippen molar-refractivity contribution < 1.29 is 14.3 Å². The summed E-state index contributed by atoms with van der Waals surface area (Å²) in [4.78, 5) is 23.6. The number of piperidine rings is 1. The van der Waals surface area contributed by atoms with E-state index in [9.17, 15) is 9.59 Å². The Balaban J connectivity index is 2.24. The second kappa shape index (κ2) is 8.21. The van der Waals surface area contributed by atoms with Gasteiger partial charge in [0, 0.05) is 26.6 Å². The van der Waals surface area contributed by atoms with Gasteiger partial charge in [0.25, 0.3) is 0 Å². The average molecular weight is 285 g/mol. The lowest BCUT2D eigenvalue weighted by Gasteiger charge is -2.38. The molecule has 1 unspecified atom stereocenters. The third-order valence-electron chi connectivity index (χ3n) is 3.67. The average Bonchev–Trinajstić information content (AvgIpc) is 2.38. The van der Waals surface area contributed by atoms with Gasteiger partial charge in [0.2, 0.25) is 11.8 Å². The molecule has 20 heavy (non-hydrogen) atoms. The molecule has 6 heteroatoms. The standard InChI is InChI=1S/C14H27N3O3/c1-14(2)6-4-7-16-12(14)13(19)17-8-5-11(18)15-9-10-20-3/h12,16H,4-10H2,1-3H3,(H,15,18)(H,17,19). The molecule has 1 atom stereocenters. The first-order chi connectivity index (χ1) is 9.47. The summed E-state index contributed by atoms with van der Waals surface area (Å²) >= 11 is 0. The number of carbonyl (C=O) groups excluding carboxylic acids is 2. The first-order valence-corrected chi connectivity index (χ1v) is 7.24. The molecule has 1 aliphatic rings. The molecule has 1 saturated heterocycles. The van der Waals surface area contributed by atoms with E-state index in [-0.39, 0.29) is 23.3 Å². The van der Waals surface area contributed by atoms with Crippen molar-refractivity contribution in [1.82, 2.24) is 16.0 Å². The molecule has 0 saturated carbocycles. The van der Waals surface area contributed by atoms with Gasteiger partial charge in [-0.05, 0) is 24.8 Å². The summed E-state index contributed by atoms with van der Waals surface area (Å²) in [6.07, 6.45) is 2.43. The molecule has 6 nitrogen and oxygen atoms in total. The molecule has 0 spiro atoms. The summed E-state index contributed by atoms with van der Waals surface area (Å²) in [6, 6.07) is -0.173. The number of nitrogens with one attached hydrogen (secondary N) is 3. The minimum absolute atomic E-state index is 0.0145. The second-order valence-corrected chi connectivity index (χ2v) is 5.86. The van der Waals surface area contributed by atoms with E-state index in [0.29, 0.717) is 26.1 Å². The van der Waals surface area contributed by atoms with Gasteiger partial charge in [-0.2, -0.15) is 0 Å². The van der Waals surface area contributed by atoms with Crippen molar-refractivity contribution in [2.45, 2.75) is 39.2 Å². The first kappa shape index (κ1) is 16.9. The van der Waals surface area contributed by atoms with Crippen LogP contribution < -0.4 is 16.0 Å². The Morgan fingerprint density at radius 1 is 1.30 bits per heavy atom. The number of hydrogen-bond acceptors (Lipinski definition) is 4. The van der Waals surface area contributed by atoms with Gasteiger partial charge < -0.3 is 20.7 Å². The third-order valence-corrected chi connectivity index (χ3v) is 3.67. The quantitative estimate of drug-likeness (QED) is 0.577. The smallest absolute Gasteiger partial charge is 0.237 e. The van der Waals surface area contributed by atoms with Crippen LogP contribution in [0, 0.1) is 5.41 Å². The van der Waals surface area contributed by atoms with Crippen molar-refractivity contribution >= 4 is 11.8 Å². The van der Waals surface area contributed by atoms with Crippen molar-refractivity contribution in [1.29, 1.82) is 0 Å². The Hall–Kier alpha value is -1.14. The molecule has 0 radical (unpaired) electrons. The minimum atomic E-state index is -0.173. The number of methoxy groups -OCH3 is 1. The maximum atomic E-state index is 12.1. The van der Waals surface area contributed by atoms with Gasteiger partial charge in [-0.1, -0.05) is 13.8 Å². The molecule has 0 aromatic heterocycles. The maximum Gasteiger partial charge on any atom is 0.237 e. The van der Waals surface area contributed by atoms with Crippen molar-refractivity contribution in [2.24, 2.45) is 5.41 Å². The Morgan fingerprint density at radius 3 is 2.70 bits per heavy atom. The molecule has 1 fully saturated rings. The molecular formula is C14H27N3O3. The highest BCUT2D eigenvalue weighted by atomic mass is 16.5. The van der Waals surface area contributed by atoms with E-state index in [4.69, 9.17) is 4.74 Å². The molecule has 1 heterocycles. The van der Waals surface area contributed by atoms with Crippen LogP contribution >= 0.6 is 0 Å². The van der Waals surface area contributed by atoms with Crippen LogP contribution in [0.3, 0.4) is 0 Å². The predicted octanol–water partition coefficient (Wildman–Crippen LogP) is 0.0335. The van der Waals surface area contributed by atoms with Crippen molar-refractivity contribution in [3.05, 3.63) is 0 Å². The number of carbonyl (C=O) groups is 2. The highest BCUT2D eigenvalue weighted by Gasteiger charge is 2.36. The highest BCUT2D eigenvalue weighted by Crippen LogP contribution is 2.29. The van der Waals surface area contributed by atoms with E-state index in [1.165, 1.54) is 0 Å². The monoisotopic (exact) mass is 285 g/mol. The van der Waals surface area contributed by atoms with Crippen LogP contribution in [0.4, 0.5) is 0 Å². The fourth-order valence-electron chi connectivity index (χ4n) is 2.44. The van der Waals surface area contributed by atoms with E-state index in [1.54, 1.807) is 7.11 Å². The number of amides is 2. The topological polar surface area (TPSA) is 79.5 Å². The second-order valence-electron chi connectivity index (χ2n) is 5.86. The van der Waals surface area contributed by atoms with Gasteiger partial charge in [-0.25, -0.2) is 0 Å². The van der Waals surface area contributed by atoms with Gasteiger partial charge >= 0.3 is 0 Å². The Kier molecular flexibility index (Phi) is 6.95. The van der Waals surface area contributed by atoms with Crippen LogP contribution in [0.25, 0.3) is 0 Å². The zero-order valence-corrected chi connectivity index (χ0v) is 12.8. The summed E-state index contributed by atoms with van der Waals surface area (Å²) in [5.74, 6) is -0.0856. The molecule has 0 aliphatic carbocycles. The summed E-state index contributed by atoms with van der Waals surface area (Å²) < 4.78 is 4.84. The predicted molar refractivity (Wildman–Crippen MR) is 77.3 cm³/mol. The number of hydrogen-bond donors (Lipinski definition) is 3. The van der Waals surface area contributed by atoms with E-state index >= 15 is 0 Å². The molecule has 116 valence electrons. The van der Waals surface area contributed by atoms with Gasteiger partial charge in [-0.15, -0.1) is 0 Å². The summed E-state index contributed by atoms with van der Waals surface area (Å²) in [7, 11) is 1.59. The molecule has 2 amide bonds. The summed E-state index contributed by atoms with van der Waals surface area (Å²) in [6.45, 7) is 6.44. The molecule has 0 aromatic carbocycles. The molecule has 0 bridgehead atoms. The van der Waals surface area contributed by atoms with Gasteiger partial charge in [0.15, 0.2) is 0 Å². The van der Waals surface area contributed by atoms with Gasteiger partial charge in [0.1, 0.15) is 0 Å². The van der Waals surface area contributed by atoms with Crippen LogP contribution in [-0.4, -0.2) is 51.2 Å². The van der Waals surface area contributed by atoms with Gasteiger partial charge in [-0.3, -0.25) is 9.59 Å². The van der Waals surface area contributed by atoms with Crippen LogP contribution in [0.5, 0.6) is 0 Å². The van der Waals surface area contributed by atoms with Crippen LogP contribution in [0.2, 0.25) is 0 Å². The Labute approximate surface area is 121 Å². The number of rotatable bonds is 7. The van der Waals surface area contributed by atoms with Crippen LogP contribution in [0.1, 0.15) is 33.1 Å². The largest absolute Gasteiger partial charge is 0.383 e. The highest BCUT2D eigenvalue weighted by molar-refractivity contribution is 5.83. The SMILES string of the molecule is COCCNC(=O)CCNC(=O)C1NCCCC1(C)C.